The lowest BCUT2D eigenvalue weighted by Crippen LogP contribution is -2.42. The summed E-state index contributed by atoms with van der Waals surface area (Å²) >= 11 is 18.0. The topological polar surface area (TPSA) is 50.7 Å². The molecule has 1 unspecified atom stereocenters. The summed E-state index contributed by atoms with van der Waals surface area (Å²) in [5.74, 6) is -0.0352. The molecule has 0 bridgehead atoms. The van der Waals surface area contributed by atoms with Gasteiger partial charge in [-0.05, 0) is 30.3 Å². The van der Waals surface area contributed by atoms with E-state index in [1.165, 1.54) is 24.3 Å². The number of carbonyl (C=O) groups is 1. The third kappa shape index (κ3) is 4.53. The summed E-state index contributed by atoms with van der Waals surface area (Å²) in [4.78, 5) is 16.5. The monoisotopic (exact) mass is 478 g/mol. The molecule has 1 aliphatic heterocycles. The van der Waals surface area contributed by atoms with Gasteiger partial charge in [-0.3, -0.25) is 4.79 Å². The highest BCUT2D eigenvalue weighted by Crippen LogP contribution is 2.49. The first-order valence-corrected chi connectivity index (χ1v) is 10.0. The SMILES string of the molecule is CCC(=O)CNc1cc(C2=NOC(c3cc(Cl)cc(Cl)c3)(C(F)(F)F)C2)ccc1Cl. The standard InChI is InChI=1S/C20H16Cl3F3N2O2/c1-2-15(29)10-27-17-5-11(3-4-16(17)23)18-9-19(30-28-18,20(24,25)26)12-6-13(21)8-14(22)7-12/h3-8,27H,2,9-10H2,1H3. The normalized spacial score (nSPS) is 18.7. The molecular formula is C20H16Cl3F3N2O2. The van der Waals surface area contributed by atoms with Crippen LogP contribution in [0.1, 0.15) is 30.9 Å². The van der Waals surface area contributed by atoms with Gasteiger partial charge in [0.15, 0.2) is 5.78 Å². The molecule has 0 spiro atoms. The molecule has 0 fully saturated rings. The van der Waals surface area contributed by atoms with Gasteiger partial charge in [0.2, 0.25) is 0 Å². The molecule has 0 amide bonds. The number of anilines is 1. The Morgan fingerprint density at radius 1 is 1.17 bits per heavy atom. The molecule has 0 saturated heterocycles. The highest BCUT2D eigenvalue weighted by Gasteiger charge is 2.62. The number of carbonyl (C=O) groups excluding carboxylic acids is 1. The second-order valence-corrected chi connectivity index (χ2v) is 8.01. The van der Waals surface area contributed by atoms with Crippen LogP contribution in [0.4, 0.5) is 18.9 Å². The highest BCUT2D eigenvalue weighted by atomic mass is 35.5. The zero-order chi connectivity index (χ0) is 22.1. The van der Waals surface area contributed by atoms with Gasteiger partial charge in [0.05, 0.1) is 23.0 Å². The third-order valence-electron chi connectivity index (χ3n) is 4.68. The molecular weight excluding hydrogens is 464 g/mol. The zero-order valence-corrected chi connectivity index (χ0v) is 17.9. The number of nitrogens with one attached hydrogen (secondary N) is 1. The van der Waals surface area contributed by atoms with E-state index in [9.17, 15) is 18.0 Å². The molecule has 1 aliphatic rings. The van der Waals surface area contributed by atoms with Crippen molar-refractivity contribution in [2.75, 3.05) is 11.9 Å². The summed E-state index contributed by atoms with van der Waals surface area (Å²) in [7, 11) is 0. The number of benzene rings is 2. The van der Waals surface area contributed by atoms with E-state index < -0.39 is 18.2 Å². The highest BCUT2D eigenvalue weighted by molar-refractivity contribution is 6.34. The molecule has 2 aromatic rings. The Hall–Kier alpha value is -1.96. The Bertz CT molecular complexity index is 991. The summed E-state index contributed by atoms with van der Waals surface area (Å²) in [5.41, 5.74) is -2.10. The largest absolute Gasteiger partial charge is 0.435 e. The fourth-order valence-electron chi connectivity index (χ4n) is 3.00. The molecule has 10 heteroatoms. The summed E-state index contributed by atoms with van der Waals surface area (Å²) in [5, 5.41) is 7.04. The van der Waals surface area contributed by atoms with Gasteiger partial charge in [-0.15, -0.1) is 0 Å². The lowest BCUT2D eigenvalue weighted by atomic mass is 9.86. The molecule has 0 aliphatic carbocycles. The van der Waals surface area contributed by atoms with Crippen molar-refractivity contribution in [3.8, 4) is 0 Å². The predicted octanol–water partition coefficient (Wildman–Crippen LogP) is 6.62. The molecule has 1 atom stereocenters. The van der Waals surface area contributed by atoms with E-state index in [-0.39, 0.29) is 33.6 Å². The van der Waals surface area contributed by atoms with E-state index in [0.29, 0.717) is 22.7 Å². The minimum absolute atomic E-state index is 0.0352. The van der Waals surface area contributed by atoms with Crippen LogP contribution in [0.25, 0.3) is 0 Å². The fourth-order valence-corrected chi connectivity index (χ4v) is 3.71. The number of hydrogen-bond acceptors (Lipinski definition) is 4. The number of halogens is 6. The van der Waals surface area contributed by atoms with Gasteiger partial charge >= 0.3 is 6.18 Å². The minimum Gasteiger partial charge on any atom is -0.377 e. The zero-order valence-electron chi connectivity index (χ0n) is 15.6. The van der Waals surface area contributed by atoms with Gasteiger partial charge < -0.3 is 10.2 Å². The van der Waals surface area contributed by atoms with Crippen molar-refractivity contribution in [1.29, 1.82) is 0 Å². The van der Waals surface area contributed by atoms with Crippen molar-refractivity contribution < 1.29 is 22.8 Å². The van der Waals surface area contributed by atoms with Crippen molar-refractivity contribution in [3.63, 3.8) is 0 Å². The van der Waals surface area contributed by atoms with Crippen LogP contribution in [-0.2, 0) is 15.2 Å². The molecule has 0 aromatic heterocycles. The number of Topliss-reactive ketones (excluding diaryl/α,β-unsaturated/α-hetero) is 1. The van der Waals surface area contributed by atoms with Crippen LogP contribution < -0.4 is 5.32 Å². The molecule has 160 valence electrons. The average Bonchev–Trinajstić information content (AvgIpc) is 3.13. The van der Waals surface area contributed by atoms with Crippen LogP contribution in [0.5, 0.6) is 0 Å². The summed E-state index contributed by atoms with van der Waals surface area (Å²) in [6.07, 6.45) is -5.02. The second-order valence-electron chi connectivity index (χ2n) is 6.73. The molecule has 3 rings (SSSR count). The molecule has 0 saturated carbocycles. The molecule has 1 heterocycles. The Morgan fingerprint density at radius 3 is 2.43 bits per heavy atom. The summed E-state index contributed by atoms with van der Waals surface area (Å²) in [6, 6.07) is 8.24. The number of nitrogens with zero attached hydrogens (tertiary/aromatic N) is 1. The molecule has 30 heavy (non-hydrogen) atoms. The van der Waals surface area contributed by atoms with Crippen LogP contribution in [0, 0.1) is 0 Å². The molecule has 4 nitrogen and oxygen atoms in total. The maximum Gasteiger partial charge on any atom is 0.435 e. The van der Waals surface area contributed by atoms with Gasteiger partial charge in [-0.2, -0.15) is 13.2 Å². The Morgan fingerprint density at radius 2 is 1.83 bits per heavy atom. The van der Waals surface area contributed by atoms with Crippen LogP contribution in [-0.4, -0.2) is 24.2 Å². The first-order chi connectivity index (χ1) is 14.1. The quantitative estimate of drug-likeness (QED) is 0.506. The fraction of sp³-hybridized carbons (Fsp3) is 0.300. The first kappa shape index (κ1) is 22.7. The lowest BCUT2D eigenvalue weighted by Gasteiger charge is -2.29. The van der Waals surface area contributed by atoms with Crippen molar-refractivity contribution in [2.24, 2.45) is 5.16 Å². The number of ketones is 1. The predicted molar refractivity (Wildman–Crippen MR) is 112 cm³/mol. The molecule has 0 radical (unpaired) electrons. The van der Waals surface area contributed by atoms with E-state index in [4.69, 9.17) is 39.6 Å². The van der Waals surface area contributed by atoms with E-state index in [1.807, 2.05) is 0 Å². The summed E-state index contributed by atoms with van der Waals surface area (Å²) in [6.45, 7) is 1.78. The van der Waals surface area contributed by atoms with Gasteiger partial charge in [0.25, 0.3) is 5.60 Å². The number of rotatable bonds is 6. The lowest BCUT2D eigenvalue weighted by molar-refractivity contribution is -0.275. The van der Waals surface area contributed by atoms with E-state index in [1.54, 1.807) is 6.92 Å². The van der Waals surface area contributed by atoms with Crippen LogP contribution >= 0.6 is 34.8 Å². The molecule has 1 N–H and O–H groups in total. The smallest absolute Gasteiger partial charge is 0.377 e. The van der Waals surface area contributed by atoms with Crippen molar-refractivity contribution in [2.45, 2.75) is 31.5 Å². The maximum absolute atomic E-state index is 14.1. The Balaban J connectivity index is 1.94. The van der Waals surface area contributed by atoms with Gasteiger partial charge in [0, 0.05) is 34.0 Å². The van der Waals surface area contributed by atoms with Crippen molar-refractivity contribution >= 4 is 52.0 Å². The maximum atomic E-state index is 14.1. The Kier molecular flexibility index (Phi) is 6.55. The summed E-state index contributed by atoms with van der Waals surface area (Å²) < 4.78 is 42.3. The van der Waals surface area contributed by atoms with Gasteiger partial charge in [0.1, 0.15) is 0 Å². The van der Waals surface area contributed by atoms with Crippen molar-refractivity contribution in [3.05, 3.63) is 62.6 Å². The van der Waals surface area contributed by atoms with Crippen molar-refractivity contribution in [1.82, 2.24) is 0 Å². The second kappa shape index (κ2) is 8.65. The molecule has 2 aromatic carbocycles. The minimum atomic E-state index is -4.78. The number of oxime groups is 1. The number of hydrogen-bond donors (Lipinski definition) is 1. The van der Waals surface area contributed by atoms with Crippen LogP contribution in [0.2, 0.25) is 15.1 Å². The third-order valence-corrected chi connectivity index (χ3v) is 5.45. The van der Waals surface area contributed by atoms with Crippen LogP contribution in [0.3, 0.4) is 0 Å². The van der Waals surface area contributed by atoms with E-state index in [0.717, 1.165) is 12.1 Å². The van der Waals surface area contributed by atoms with Gasteiger partial charge in [-0.25, -0.2) is 0 Å². The number of alkyl halides is 3. The van der Waals surface area contributed by atoms with Gasteiger partial charge in [-0.1, -0.05) is 52.9 Å². The van der Waals surface area contributed by atoms with E-state index in [2.05, 4.69) is 10.5 Å². The average molecular weight is 480 g/mol. The first-order valence-electron chi connectivity index (χ1n) is 8.89. The van der Waals surface area contributed by atoms with Crippen LogP contribution in [0.15, 0.2) is 41.6 Å². The Labute approximate surface area is 185 Å². The van der Waals surface area contributed by atoms with E-state index >= 15 is 0 Å².